The van der Waals surface area contributed by atoms with Crippen molar-refractivity contribution in [1.29, 1.82) is 0 Å². The van der Waals surface area contributed by atoms with E-state index in [2.05, 4.69) is 257 Å². The van der Waals surface area contributed by atoms with Crippen molar-refractivity contribution < 1.29 is 0 Å². The van der Waals surface area contributed by atoms with Crippen LogP contribution in [0.15, 0.2) is 230 Å². The van der Waals surface area contributed by atoms with Crippen molar-refractivity contribution in [2.45, 2.75) is 44.9 Å². The van der Waals surface area contributed by atoms with Crippen LogP contribution in [-0.2, 0) is 10.8 Å². The zero-order valence-corrected chi connectivity index (χ0v) is 38.0. The normalized spacial score (nSPS) is 16.0. The van der Waals surface area contributed by atoms with E-state index >= 15 is 0 Å². The molecule has 1 atom stereocenters. The van der Waals surface area contributed by atoms with E-state index in [0.717, 1.165) is 23.5 Å². The number of rotatable bonds is 8. The summed E-state index contributed by atoms with van der Waals surface area (Å²) in [6, 6.07) is 79.4. The summed E-state index contributed by atoms with van der Waals surface area (Å²) in [6.45, 7) is 9.36. The molecule has 0 saturated carbocycles. The van der Waals surface area contributed by atoms with Crippen molar-refractivity contribution >= 4 is 22.6 Å². The molecule has 9 aromatic rings. The topological polar surface area (TPSA) is 3.24 Å². The molecule has 9 aromatic carbocycles. The standard InChI is InChI=1S/C65H51N/c1-5-6-32-55-43(2)49-30-20-31-50(45-24-12-8-13-25-45)63(49)65(55)57-34-19-17-29-53(57)62-58(65)35-21-36-61(62)66(48-38-39-52-51-28-16-18-33-56(51)64(3,4)59(52)42-48)60-40-37-47(44-22-10-7-11-23-44)41-54(60)46-26-14-9-15-27-46/h6-42H,5H2,1-4H3/b32-6-. The van der Waals surface area contributed by atoms with E-state index in [4.69, 9.17) is 0 Å². The van der Waals surface area contributed by atoms with E-state index in [0.29, 0.717) is 0 Å². The number of nitrogens with zero attached hydrogens (tertiary/aromatic N) is 1. The van der Waals surface area contributed by atoms with Gasteiger partial charge in [-0.25, -0.2) is 0 Å². The van der Waals surface area contributed by atoms with Crippen molar-refractivity contribution in [3.63, 3.8) is 0 Å². The average molecular weight is 846 g/mol. The second-order valence-corrected chi connectivity index (χ2v) is 18.6. The number of hydrogen-bond acceptors (Lipinski definition) is 1. The lowest BCUT2D eigenvalue weighted by atomic mass is 9.67. The largest absolute Gasteiger partial charge is 0.309 e. The fourth-order valence-corrected chi connectivity index (χ4v) is 11.9. The number of anilines is 3. The molecule has 1 unspecified atom stereocenters. The van der Waals surface area contributed by atoms with Crippen LogP contribution in [-0.4, -0.2) is 0 Å². The maximum absolute atomic E-state index is 2.59. The maximum atomic E-state index is 2.59. The second-order valence-electron chi connectivity index (χ2n) is 18.6. The summed E-state index contributed by atoms with van der Waals surface area (Å²) in [5.41, 5.74) is 25.9. The predicted octanol–water partition coefficient (Wildman–Crippen LogP) is 17.5. The second kappa shape index (κ2) is 15.5. The highest BCUT2D eigenvalue weighted by Gasteiger charge is 2.53. The third-order valence-corrected chi connectivity index (χ3v) is 14.8. The lowest BCUT2D eigenvalue weighted by Gasteiger charge is -2.34. The van der Waals surface area contributed by atoms with Crippen LogP contribution in [0.2, 0.25) is 0 Å². The van der Waals surface area contributed by atoms with E-state index in [1.54, 1.807) is 0 Å². The highest BCUT2D eigenvalue weighted by atomic mass is 15.1. The molecule has 66 heavy (non-hydrogen) atoms. The molecule has 0 amide bonds. The summed E-state index contributed by atoms with van der Waals surface area (Å²) in [5.74, 6) is 0. The van der Waals surface area contributed by atoms with E-state index < -0.39 is 5.41 Å². The zero-order valence-electron chi connectivity index (χ0n) is 38.0. The average Bonchev–Trinajstić information content (AvgIpc) is 3.91. The Morgan fingerprint density at radius 3 is 1.73 bits per heavy atom. The Morgan fingerprint density at radius 1 is 0.424 bits per heavy atom. The molecule has 0 heterocycles. The lowest BCUT2D eigenvalue weighted by Crippen LogP contribution is -2.27. The van der Waals surface area contributed by atoms with Crippen molar-refractivity contribution in [2.75, 3.05) is 4.90 Å². The molecule has 1 heteroatoms. The molecule has 1 nitrogen and oxygen atoms in total. The molecule has 0 saturated heterocycles. The van der Waals surface area contributed by atoms with Gasteiger partial charge in [0.25, 0.3) is 0 Å². The van der Waals surface area contributed by atoms with Crippen LogP contribution in [0.3, 0.4) is 0 Å². The summed E-state index contributed by atoms with van der Waals surface area (Å²) in [7, 11) is 0. The summed E-state index contributed by atoms with van der Waals surface area (Å²) in [6.07, 6.45) is 5.75. The lowest BCUT2D eigenvalue weighted by molar-refractivity contribution is 0.660. The van der Waals surface area contributed by atoms with Gasteiger partial charge >= 0.3 is 0 Å². The number of hydrogen-bond donors (Lipinski definition) is 0. The SMILES string of the molecule is CC/C=C\C1=C(C)c2cccc(-c3ccccc3)c2C12c1ccccc1-c1c(N(c3ccc4c(c3)C(C)(C)c3ccccc3-4)c3ccc(-c4ccccc4)cc3-c3ccccc3)cccc12. The van der Waals surface area contributed by atoms with Gasteiger partial charge in [0, 0.05) is 22.2 Å². The molecule has 3 aliphatic carbocycles. The summed E-state index contributed by atoms with van der Waals surface area (Å²) in [4.78, 5) is 2.59. The number of benzene rings is 9. The van der Waals surface area contributed by atoms with Gasteiger partial charge in [0.2, 0.25) is 0 Å². The van der Waals surface area contributed by atoms with Gasteiger partial charge in [0.1, 0.15) is 0 Å². The summed E-state index contributed by atoms with van der Waals surface area (Å²) in [5, 5.41) is 0. The Hall–Kier alpha value is -7.74. The van der Waals surface area contributed by atoms with Crippen molar-refractivity contribution in [3.8, 4) is 55.6 Å². The molecule has 0 aromatic heterocycles. The Morgan fingerprint density at radius 2 is 1.00 bits per heavy atom. The summed E-state index contributed by atoms with van der Waals surface area (Å²) >= 11 is 0. The first-order chi connectivity index (χ1) is 32.4. The molecule has 12 rings (SSSR count). The van der Waals surface area contributed by atoms with Gasteiger partial charge in [-0.15, -0.1) is 0 Å². The van der Waals surface area contributed by atoms with Crippen LogP contribution in [0, 0.1) is 0 Å². The summed E-state index contributed by atoms with van der Waals surface area (Å²) < 4.78 is 0. The minimum atomic E-state index is -0.549. The fraction of sp³-hybridized carbons (Fsp3) is 0.108. The third kappa shape index (κ3) is 5.79. The first-order valence-corrected chi connectivity index (χ1v) is 23.5. The molecule has 0 fully saturated rings. The Bertz CT molecular complexity index is 3420. The van der Waals surface area contributed by atoms with Gasteiger partial charge in [-0.3, -0.25) is 0 Å². The monoisotopic (exact) mass is 845 g/mol. The Balaban J connectivity index is 1.19. The molecule has 0 bridgehead atoms. The van der Waals surface area contributed by atoms with Crippen LogP contribution in [0.25, 0.3) is 61.2 Å². The quantitative estimate of drug-likeness (QED) is 0.147. The van der Waals surface area contributed by atoms with Crippen LogP contribution in [0.4, 0.5) is 17.1 Å². The maximum Gasteiger partial charge on any atom is 0.0728 e. The van der Waals surface area contributed by atoms with Crippen molar-refractivity contribution in [2.24, 2.45) is 0 Å². The molecule has 3 aliphatic rings. The molecule has 316 valence electrons. The van der Waals surface area contributed by atoms with Crippen molar-refractivity contribution in [1.82, 2.24) is 0 Å². The smallest absolute Gasteiger partial charge is 0.0728 e. The van der Waals surface area contributed by atoms with Gasteiger partial charge in [-0.05, 0) is 133 Å². The predicted molar refractivity (Wildman–Crippen MR) is 279 cm³/mol. The molecule has 0 radical (unpaired) electrons. The Labute approximate surface area is 389 Å². The molecular weight excluding hydrogens is 795 g/mol. The van der Waals surface area contributed by atoms with E-state index in [9.17, 15) is 0 Å². The highest BCUT2D eigenvalue weighted by Crippen LogP contribution is 2.66. The van der Waals surface area contributed by atoms with Gasteiger partial charge in [-0.2, -0.15) is 0 Å². The van der Waals surface area contributed by atoms with Crippen molar-refractivity contribution in [3.05, 3.63) is 263 Å². The molecule has 1 spiro atoms. The third-order valence-electron chi connectivity index (χ3n) is 14.8. The van der Waals surface area contributed by atoms with Crippen LogP contribution >= 0.6 is 0 Å². The van der Waals surface area contributed by atoms with E-state index in [1.165, 1.54) is 100 Å². The molecular formula is C65H51N. The zero-order chi connectivity index (χ0) is 44.6. The van der Waals surface area contributed by atoms with Gasteiger partial charge in [-0.1, -0.05) is 215 Å². The number of fused-ring (bicyclic) bond motifs is 10. The molecule has 0 N–H and O–H groups in total. The highest BCUT2D eigenvalue weighted by molar-refractivity contribution is 6.04. The fourth-order valence-electron chi connectivity index (χ4n) is 11.9. The first kappa shape index (κ1) is 39.8. The minimum Gasteiger partial charge on any atom is -0.309 e. The number of allylic oxidation sites excluding steroid dienone is 4. The van der Waals surface area contributed by atoms with Crippen LogP contribution in [0.1, 0.15) is 67.5 Å². The van der Waals surface area contributed by atoms with Gasteiger partial charge in [0.15, 0.2) is 0 Å². The van der Waals surface area contributed by atoms with Crippen LogP contribution < -0.4 is 4.90 Å². The van der Waals surface area contributed by atoms with Gasteiger partial charge in [0.05, 0.1) is 16.8 Å². The van der Waals surface area contributed by atoms with E-state index in [1.807, 2.05) is 0 Å². The van der Waals surface area contributed by atoms with E-state index in [-0.39, 0.29) is 5.41 Å². The molecule has 0 aliphatic heterocycles. The first-order valence-electron chi connectivity index (χ1n) is 23.5. The van der Waals surface area contributed by atoms with Crippen LogP contribution in [0.5, 0.6) is 0 Å². The Kier molecular flexibility index (Phi) is 9.33. The van der Waals surface area contributed by atoms with Gasteiger partial charge < -0.3 is 4.90 Å². The minimum absolute atomic E-state index is 0.174.